The van der Waals surface area contributed by atoms with Crippen LogP contribution in [0.1, 0.15) is 43.2 Å². The molecule has 4 bridgehead atoms. The van der Waals surface area contributed by atoms with Crippen molar-refractivity contribution in [3.63, 3.8) is 0 Å². The molecule has 2 aromatic heterocycles. The van der Waals surface area contributed by atoms with Crippen LogP contribution in [0.3, 0.4) is 0 Å². The van der Waals surface area contributed by atoms with E-state index in [2.05, 4.69) is 164 Å². The topological polar surface area (TPSA) is 51.8 Å². The lowest BCUT2D eigenvalue weighted by Gasteiger charge is -2.61. The maximum atomic E-state index is 6.41. The second-order valence-electron chi connectivity index (χ2n) is 19.1. The summed E-state index contributed by atoms with van der Waals surface area (Å²) < 4.78 is 6.41. The second-order valence-corrected chi connectivity index (χ2v) is 19.1. The van der Waals surface area contributed by atoms with E-state index in [1.54, 1.807) is 11.1 Å². The Balaban J connectivity index is 0.889. The third kappa shape index (κ3) is 5.66. The van der Waals surface area contributed by atoms with Gasteiger partial charge in [0, 0.05) is 32.9 Å². The van der Waals surface area contributed by atoms with Crippen molar-refractivity contribution in [2.24, 2.45) is 23.7 Å². The number of aromatic nitrogens is 3. The highest BCUT2D eigenvalue weighted by Gasteiger charge is 2.61. The minimum absolute atomic E-state index is 0.0187. The fourth-order valence-electron chi connectivity index (χ4n) is 13.3. The van der Waals surface area contributed by atoms with E-state index in [4.69, 9.17) is 19.4 Å². The monoisotopic (exact) mass is 835 g/mol. The molecular weight excluding hydrogens is 791 g/mol. The van der Waals surface area contributed by atoms with E-state index in [0.29, 0.717) is 29.3 Å². The van der Waals surface area contributed by atoms with Crippen LogP contribution in [0.4, 0.5) is 0 Å². The molecular formula is C61H45N3O. The molecule has 0 amide bonds. The minimum Gasteiger partial charge on any atom is -0.456 e. The van der Waals surface area contributed by atoms with E-state index in [1.807, 2.05) is 24.3 Å². The summed E-state index contributed by atoms with van der Waals surface area (Å²) >= 11 is 0. The third-order valence-electron chi connectivity index (χ3n) is 15.8. The highest BCUT2D eigenvalue weighted by Crippen LogP contribution is 2.70. The zero-order chi connectivity index (χ0) is 42.6. The normalized spacial score (nSPS) is 21.3. The molecule has 8 aromatic carbocycles. The van der Waals surface area contributed by atoms with Crippen LogP contribution in [0.25, 0.3) is 101 Å². The van der Waals surface area contributed by atoms with Crippen LogP contribution in [0.2, 0.25) is 0 Å². The highest BCUT2D eigenvalue weighted by atomic mass is 16.3. The van der Waals surface area contributed by atoms with Gasteiger partial charge in [-0.2, -0.15) is 0 Å². The minimum atomic E-state index is 0.0187. The first-order chi connectivity index (χ1) is 32.2. The van der Waals surface area contributed by atoms with Gasteiger partial charge in [-0.15, -0.1) is 0 Å². The van der Waals surface area contributed by atoms with Crippen LogP contribution in [0, 0.1) is 23.7 Å². The predicted molar refractivity (Wildman–Crippen MR) is 263 cm³/mol. The standard InChI is InChI=1S/C61H45N3O/c1-3-11-39(12-4-1)40-21-25-43(26-22-40)59-62-58(42-13-5-2-6-14-42)63-60(64-59)44-27-23-41(24-28-44)48-16-9-18-52-56(48)50-30-29-45(49-17-10-20-55-57(49)51-15-7-8-19-54(51)65-55)36-53(50)61(52)46-32-37-31-38(34-46)35-47(61)33-37/h1-30,36-38,46-47H,31-35H2. The molecule has 310 valence electrons. The Labute approximate surface area is 378 Å². The molecule has 0 saturated heterocycles. The van der Waals surface area contributed by atoms with Crippen molar-refractivity contribution < 1.29 is 4.42 Å². The van der Waals surface area contributed by atoms with Gasteiger partial charge in [0.05, 0.1) is 0 Å². The molecule has 4 nitrogen and oxygen atoms in total. The number of furan rings is 1. The molecule has 5 aliphatic carbocycles. The van der Waals surface area contributed by atoms with Gasteiger partial charge in [-0.3, -0.25) is 0 Å². The van der Waals surface area contributed by atoms with Gasteiger partial charge in [0.15, 0.2) is 17.5 Å². The molecule has 0 unspecified atom stereocenters. The summed E-state index contributed by atoms with van der Waals surface area (Å²) in [5.74, 6) is 5.04. The summed E-state index contributed by atoms with van der Waals surface area (Å²) in [6.45, 7) is 0. The number of nitrogens with zero attached hydrogens (tertiary/aromatic N) is 3. The molecule has 5 aliphatic rings. The number of rotatable bonds is 6. The molecule has 0 N–H and O–H groups in total. The lowest BCUT2D eigenvalue weighted by molar-refractivity contribution is -0.0399. The Morgan fingerprint density at radius 1 is 0.369 bits per heavy atom. The van der Waals surface area contributed by atoms with Crippen LogP contribution in [0.15, 0.2) is 192 Å². The lowest BCUT2D eigenvalue weighted by Crippen LogP contribution is -2.55. The fourth-order valence-corrected chi connectivity index (χ4v) is 13.3. The third-order valence-corrected chi connectivity index (χ3v) is 15.8. The zero-order valence-corrected chi connectivity index (χ0v) is 36.0. The van der Waals surface area contributed by atoms with Crippen LogP contribution in [-0.2, 0) is 5.41 Å². The Morgan fingerprint density at radius 3 is 1.55 bits per heavy atom. The van der Waals surface area contributed by atoms with Crippen molar-refractivity contribution in [1.29, 1.82) is 0 Å². The number of benzene rings is 8. The average Bonchev–Trinajstić information content (AvgIpc) is 3.90. The number of para-hydroxylation sites is 1. The van der Waals surface area contributed by atoms with E-state index < -0.39 is 0 Å². The summed E-state index contributed by atoms with van der Waals surface area (Å²) in [6.07, 6.45) is 6.79. The molecule has 65 heavy (non-hydrogen) atoms. The summed E-state index contributed by atoms with van der Waals surface area (Å²) in [7, 11) is 0. The molecule has 0 radical (unpaired) electrons. The number of fused-ring (bicyclic) bond motifs is 6. The van der Waals surface area contributed by atoms with Gasteiger partial charge in [-0.05, 0) is 130 Å². The summed E-state index contributed by atoms with van der Waals surface area (Å²) in [6, 6.07) is 67.9. The Bertz CT molecular complexity index is 3450. The smallest absolute Gasteiger partial charge is 0.164 e. The van der Waals surface area contributed by atoms with Crippen molar-refractivity contribution in [3.8, 4) is 78.7 Å². The van der Waals surface area contributed by atoms with Gasteiger partial charge in [-0.1, -0.05) is 170 Å². The SMILES string of the molecule is c1ccc(-c2ccc(-c3nc(-c4ccccc4)nc(-c4ccc(-c5cccc6c5-c5ccc(-c7cccc8oc9ccccc9c78)cc5C65C6CC7CC(C6)CC5C7)cc4)n3)cc2)cc1. The fraction of sp³-hybridized carbons (Fsp3) is 0.164. The summed E-state index contributed by atoms with van der Waals surface area (Å²) in [5, 5.41) is 2.39. The maximum Gasteiger partial charge on any atom is 0.164 e. The van der Waals surface area contributed by atoms with E-state index in [-0.39, 0.29) is 5.41 Å². The lowest BCUT2D eigenvalue weighted by atomic mass is 9.43. The molecule has 0 atom stereocenters. The largest absolute Gasteiger partial charge is 0.456 e. The van der Waals surface area contributed by atoms with Crippen molar-refractivity contribution in [3.05, 3.63) is 199 Å². The molecule has 1 spiro atoms. The van der Waals surface area contributed by atoms with Gasteiger partial charge in [0.2, 0.25) is 0 Å². The molecule has 10 aromatic rings. The average molecular weight is 836 g/mol. The summed E-state index contributed by atoms with van der Waals surface area (Å²) in [4.78, 5) is 15.2. The van der Waals surface area contributed by atoms with Gasteiger partial charge in [0.1, 0.15) is 11.2 Å². The highest BCUT2D eigenvalue weighted by molar-refractivity contribution is 6.12. The second kappa shape index (κ2) is 14.3. The van der Waals surface area contributed by atoms with E-state index in [9.17, 15) is 0 Å². The zero-order valence-electron chi connectivity index (χ0n) is 36.0. The van der Waals surface area contributed by atoms with Crippen molar-refractivity contribution in [2.45, 2.75) is 37.5 Å². The maximum absolute atomic E-state index is 6.41. The Hall–Kier alpha value is -7.43. The molecule has 4 heteroatoms. The van der Waals surface area contributed by atoms with E-state index >= 15 is 0 Å². The van der Waals surface area contributed by atoms with Crippen LogP contribution in [0.5, 0.6) is 0 Å². The molecule has 2 heterocycles. The first-order valence-corrected chi connectivity index (χ1v) is 23.4. The van der Waals surface area contributed by atoms with Gasteiger partial charge < -0.3 is 4.42 Å². The van der Waals surface area contributed by atoms with Crippen molar-refractivity contribution in [1.82, 2.24) is 15.0 Å². The van der Waals surface area contributed by atoms with Crippen LogP contribution < -0.4 is 0 Å². The molecule has 4 fully saturated rings. The van der Waals surface area contributed by atoms with Crippen LogP contribution >= 0.6 is 0 Å². The summed E-state index contributed by atoms with van der Waals surface area (Å²) in [5.41, 5.74) is 18.1. The molecule has 0 aliphatic heterocycles. The predicted octanol–water partition coefficient (Wildman–Crippen LogP) is 15.5. The first kappa shape index (κ1) is 37.0. The first-order valence-electron chi connectivity index (χ1n) is 23.4. The quantitative estimate of drug-likeness (QED) is 0.167. The molecule has 15 rings (SSSR count). The van der Waals surface area contributed by atoms with Gasteiger partial charge in [0.25, 0.3) is 0 Å². The number of hydrogen-bond donors (Lipinski definition) is 0. The van der Waals surface area contributed by atoms with Gasteiger partial charge >= 0.3 is 0 Å². The Kier molecular flexibility index (Phi) is 8.13. The van der Waals surface area contributed by atoms with Gasteiger partial charge in [-0.25, -0.2) is 15.0 Å². The van der Waals surface area contributed by atoms with E-state index in [0.717, 1.165) is 45.3 Å². The van der Waals surface area contributed by atoms with Crippen molar-refractivity contribution >= 4 is 21.9 Å². The Morgan fingerprint density at radius 2 is 0.877 bits per heavy atom. The van der Waals surface area contributed by atoms with E-state index in [1.165, 1.54) is 81.8 Å². The molecule has 4 saturated carbocycles. The van der Waals surface area contributed by atoms with Crippen LogP contribution in [-0.4, -0.2) is 15.0 Å². The number of hydrogen-bond acceptors (Lipinski definition) is 4. The van der Waals surface area contributed by atoms with Crippen molar-refractivity contribution in [2.75, 3.05) is 0 Å².